The largest absolute Gasteiger partial charge is 0.459 e. The van der Waals surface area contributed by atoms with Crippen LogP contribution in [0.4, 0.5) is 9.59 Å². The van der Waals surface area contributed by atoms with E-state index in [0.717, 1.165) is 0 Å². The fourth-order valence-electron chi connectivity index (χ4n) is 1.66. The van der Waals surface area contributed by atoms with E-state index in [0.29, 0.717) is 0 Å². The molecular formula is C18H29N3O8. The Bertz CT molecular complexity index is 688. The van der Waals surface area contributed by atoms with Crippen LogP contribution in [0, 0.1) is 0 Å². The van der Waals surface area contributed by atoms with E-state index < -0.39 is 54.2 Å². The Morgan fingerprint density at radius 3 is 1.86 bits per heavy atom. The summed E-state index contributed by atoms with van der Waals surface area (Å²) in [6.07, 6.45) is -1.26. The lowest BCUT2D eigenvalue weighted by molar-refractivity contribution is -0.180. The molecule has 0 aromatic carbocycles. The van der Waals surface area contributed by atoms with Crippen molar-refractivity contribution in [1.29, 1.82) is 0 Å². The van der Waals surface area contributed by atoms with E-state index in [9.17, 15) is 29.2 Å². The maximum atomic E-state index is 12.3. The number of carbonyl (C=O) groups excluding carboxylic acids is 5. The molecular weight excluding hydrogens is 386 g/mol. The van der Waals surface area contributed by atoms with Crippen molar-refractivity contribution in [2.24, 2.45) is 0 Å². The summed E-state index contributed by atoms with van der Waals surface area (Å²) in [6, 6.07) is -1.26. The minimum atomic E-state index is -1.26. The van der Waals surface area contributed by atoms with E-state index in [1.165, 1.54) is 27.7 Å². The van der Waals surface area contributed by atoms with Crippen molar-refractivity contribution in [2.45, 2.75) is 59.7 Å². The second-order valence-corrected chi connectivity index (χ2v) is 8.10. The highest BCUT2D eigenvalue weighted by atomic mass is 16.6. The van der Waals surface area contributed by atoms with E-state index in [4.69, 9.17) is 9.47 Å². The fourth-order valence-corrected chi connectivity index (χ4v) is 1.66. The minimum absolute atomic E-state index is 0.0484. The molecule has 0 aliphatic carbocycles. The topological polar surface area (TPSA) is 143 Å². The number of ether oxygens (including phenoxy) is 2. The molecule has 0 bridgehead atoms. The molecule has 0 atom stereocenters. The first kappa shape index (κ1) is 26.1. The molecule has 11 heteroatoms. The van der Waals surface area contributed by atoms with E-state index in [1.54, 1.807) is 20.8 Å². The van der Waals surface area contributed by atoms with Crippen LogP contribution < -0.4 is 5.32 Å². The van der Waals surface area contributed by atoms with Crippen LogP contribution in [0.3, 0.4) is 0 Å². The Hall–Kier alpha value is -2.95. The minimum Gasteiger partial charge on any atom is -0.459 e. The van der Waals surface area contributed by atoms with E-state index in [2.05, 4.69) is 6.58 Å². The van der Waals surface area contributed by atoms with E-state index in [1.807, 2.05) is 5.32 Å². The van der Waals surface area contributed by atoms with Crippen LogP contribution in [0.25, 0.3) is 0 Å². The standard InChI is InChI=1S/C18H29N3O8/c1-11(2)14(24)21(16(26)29-18(6,7)8)15(25)19-9-12(22)20(27)10-13(23)28-17(3,4)5/h27H,1,9-10H2,2-8H3,(H,19,25). The average molecular weight is 415 g/mol. The van der Waals surface area contributed by atoms with Gasteiger partial charge in [0.25, 0.3) is 11.8 Å². The van der Waals surface area contributed by atoms with Gasteiger partial charge < -0.3 is 14.8 Å². The molecule has 0 aromatic heterocycles. The molecule has 0 spiro atoms. The van der Waals surface area contributed by atoms with Gasteiger partial charge in [-0.25, -0.2) is 14.7 Å². The summed E-state index contributed by atoms with van der Waals surface area (Å²) in [5.74, 6) is -2.97. The van der Waals surface area contributed by atoms with Gasteiger partial charge in [-0.15, -0.1) is 0 Å². The number of rotatable bonds is 5. The van der Waals surface area contributed by atoms with Gasteiger partial charge in [-0.1, -0.05) is 6.58 Å². The molecule has 5 amide bonds. The lowest BCUT2D eigenvalue weighted by Crippen LogP contribution is -2.51. The zero-order chi connectivity index (χ0) is 23.2. The second kappa shape index (κ2) is 10.0. The van der Waals surface area contributed by atoms with Crippen molar-refractivity contribution >= 4 is 29.9 Å². The Labute approximate surface area is 169 Å². The van der Waals surface area contributed by atoms with Gasteiger partial charge in [-0.05, 0) is 48.5 Å². The molecule has 0 aromatic rings. The van der Waals surface area contributed by atoms with Crippen molar-refractivity contribution in [3.63, 3.8) is 0 Å². The molecule has 29 heavy (non-hydrogen) atoms. The van der Waals surface area contributed by atoms with Gasteiger partial charge >= 0.3 is 18.1 Å². The maximum Gasteiger partial charge on any atom is 0.425 e. The predicted octanol–water partition coefficient (Wildman–Crippen LogP) is 1.60. The molecule has 164 valence electrons. The summed E-state index contributed by atoms with van der Waals surface area (Å²) in [5, 5.41) is 11.7. The highest BCUT2D eigenvalue weighted by molar-refractivity contribution is 6.14. The third kappa shape index (κ3) is 10.2. The monoisotopic (exact) mass is 415 g/mol. The zero-order valence-corrected chi connectivity index (χ0v) is 17.8. The smallest absolute Gasteiger partial charge is 0.425 e. The number of hydrogen-bond donors (Lipinski definition) is 2. The predicted molar refractivity (Wildman–Crippen MR) is 101 cm³/mol. The van der Waals surface area contributed by atoms with Crippen molar-refractivity contribution in [3.05, 3.63) is 12.2 Å². The molecule has 0 rings (SSSR count). The van der Waals surface area contributed by atoms with E-state index in [-0.39, 0.29) is 15.5 Å². The number of urea groups is 1. The highest BCUT2D eigenvalue weighted by Crippen LogP contribution is 2.12. The number of hydroxylamine groups is 2. The molecule has 0 unspecified atom stereocenters. The van der Waals surface area contributed by atoms with Gasteiger partial charge in [0.2, 0.25) is 0 Å². The summed E-state index contributed by atoms with van der Waals surface area (Å²) < 4.78 is 9.96. The molecule has 2 N–H and O–H groups in total. The first-order valence-corrected chi connectivity index (χ1v) is 8.66. The van der Waals surface area contributed by atoms with Gasteiger partial charge in [-0.3, -0.25) is 19.6 Å². The number of imide groups is 3. The van der Waals surface area contributed by atoms with Crippen LogP contribution in [-0.2, 0) is 23.9 Å². The Kier molecular flexibility index (Phi) is 8.99. The lowest BCUT2D eigenvalue weighted by Gasteiger charge is -2.25. The molecule has 0 saturated carbocycles. The normalized spacial score (nSPS) is 11.2. The van der Waals surface area contributed by atoms with Crippen LogP contribution >= 0.6 is 0 Å². The first-order valence-electron chi connectivity index (χ1n) is 8.66. The molecule has 0 fully saturated rings. The van der Waals surface area contributed by atoms with Crippen LogP contribution in [0.5, 0.6) is 0 Å². The van der Waals surface area contributed by atoms with Gasteiger partial charge in [-0.2, -0.15) is 4.90 Å². The summed E-state index contributed by atoms with van der Waals surface area (Å²) >= 11 is 0. The van der Waals surface area contributed by atoms with Crippen molar-refractivity contribution in [3.8, 4) is 0 Å². The third-order valence-corrected chi connectivity index (χ3v) is 2.72. The van der Waals surface area contributed by atoms with Gasteiger partial charge in [0.15, 0.2) is 0 Å². The summed E-state index contributed by atoms with van der Waals surface area (Å²) in [6.45, 7) is 12.5. The number of amides is 5. The molecule has 0 aliphatic heterocycles. The van der Waals surface area contributed by atoms with Gasteiger partial charge in [0.05, 0.1) is 0 Å². The number of nitrogens with zero attached hydrogens (tertiary/aromatic N) is 2. The van der Waals surface area contributed by atoms with Crippen molar-refractivity contribution in [2.75, 3.05) is 13.1 Å². The fraction of sp³-hybridized carbons (Fsp3) is 0.611. The molecule has 11 nitrogen and oxygen atoms in total. The quantitative estimate of drug-likeness (QED) is 0.298. The van der Waals surface area contributed by atoms with Crippen molar-refractivity contribution in [1.82, 2.24) is 15.3 Å². The number of carbonyl (C=O) groups is 5. The Morgan fingerprint density at radius 2 is 1.45 bits per heavy atom. The molecule has 0 heterocycles. The Morgan fingerprint density at radius 1 is 0.966 bits per heavy atom. The van der Waals surface area contributed by atoms with Crippen LogP contribution in [0.1, 0.15) is 48.5 Å². The highest BCUT2D eigenvalue weighted by Gasteiger charge is 2.33. The molecule has 0 saturated heterocycles. The first-order chi connectivity index (χ1) is 12.9. The van der Waals surface area contributed by atoms with Crippen LogP contribution in [0.15, 0.2) is 12.2 Å². The van der Waals surface area contributed by atoms with Crippen LogP contribution in [0.2, 0.25) is 0 Å². The SMILES string of the molecule is C=C(C)C(=O)N(C(=O)NCC(=O)N(O)CC(=O)OC(C)(C)C)C(=O)OC(C)(C)C. The third-order valence-electron chi connectivity index (χ3n) is 2.72. The summed E-state index contributed by atoms with van der Waals surface area (Å²) in [5.41, 5.74) is -1.92. The van der Waals surface area contributed by atoms with Gasteiger partial charge in [0, 0.05) is 5.57 Å². The maximum absolute atomic E-state index is 12.3. The molecule has 0 aliphatic rings. The number of esters is 1. The van der Waals surface area contributed by atoms with Crippen molar-refractivity contribution < 1.29 is 38.7 Å². The second-order valence-electron chi connectivity index (χ2n) is 8.10. The summed E-state index contributed by atoms with van der Waals surface area (Å²) in [7, 11) is 0. The zero-order valence-electron chi connectivity index (χ0n) is 17.8. The Balaban J connectivity index is 5.03. The van der Waals surface area contributed by atoms with E-state index >= 15 is 0 Å². The molecule has 0 radical (unpaired) electrons. The lowest BCUT2D eigenvalue weighted by atomic mass is 10.2. The summed E-state index contributed by atoms with van der Waals surface area (Å²) in [4.78, 5) is 60.2. The average Bonchev–Trinajstić information content (AvgIpc) is 2.48. The number of hydrogen-bond acceptors (Lipinski definition) is 8. The number of nitrogens with one attached hydrogen (secondary N) is 1. The van der Waals surface area contributed by atoms with Crippen LogP contribution in [-0.4, -0.2) is 69.4 Å². The van der Waals surface area contributed by atoms with Gasteiger partial charge in [0.1, 0.15) is 24.3 Å².